The minimum atomic E-state index is -1.24. The van der Waals surface area contributed by atoms with E-state index < -0.39 is 17.8 Å². The van der Waals surface area contributed by atoms with E-state index in [1.807, 2.05) is 0 Å². The fourth-order valence-electron chi connectivity index (χ4n) is 2.77. The second kappa shape index (κ2) is 7.53. The number of hydrogen-bond donors (Lipinski definition) is 2. The predicted molar refractivity (Wildman–Crippen MR) is 99.7 cm³/mol. The number of carbonyl (C=O) groups is 3. The van der Waals surface area contributed by atoms with E-state index in [-0.39, 0.29) is 22.4 Å². The van der Waals surface area contributed by atoms with Crippen LogP contribution < -0.4 is 4.90 Å². The number of benzene rings is 3. The van der Waals surface area contributed by atoms with Gasteiger partial charge >= 0.3 is 11.9 Å². The average molecular weight is 361 g/mol. The summed E-state index contributed by atoms with van der Waals surface area (Å²) in [6.07, 6.45) is 0. The largest absolute Gasteiger partial charge is 0.478 e. The lowest BCUT2D eigenvalue weighted by atomic mass is 10.0. The third-order valence-electron chi connectivity index (χ3n) is 3.98. The number of amides is 1. The van der Waals surface area contributed by atoms with Gasteiger partial charge in [0.2, 0.25) is 0 Å². The summed E-state index contributed by atoms with van der Waals surface area (Å²) in [7, 11) is 0. The van der Waals surface area contributed by atoms with Crippen molar-refractivity contribution in [3.63, 3.8) is 0 Å². The summed E-state index contributed by atoms with van der Waals surface area (Å²) < 4.78 is 0. The molecule has 134 valence electrons. The molecule has 0 bridgehead atoms. The Morgan fingerprint density at radius 3 is 1.67 bits per heavy atom. The zero-order chi connectivity index (χ0) is 19.4. The van der Waals surface area contributed by atoms with Crippen LogP contribution in [0.1, 0.15) is 31.1 Å². The highest BCUT2D eigenvalue weighted by Crippen LogP contribution is 2.31. The molecule has 0 unspecified atom stereocenters. The maximum atomic E-state index is 13.3. The summed E-state index contributed by atoms with van der Waals surface area (Å²) >= 11 is 0. The molecule has 27 heavy (non-hydrogen) atoms. The smallest absolute Gasteiger partial charge is 0.337 e. The highest BCUT2D eigenvalue weighted by molar-refractivity contribution is 6.17. The Labute approximate surface area is 154 Å². The maximum absolute atomic E-state index is 13.3. The van der Waals surface area contributed by atoms with Crippen molar-refractivity contribution in [2.45, 2.75) is 0 Å². The van der Waals surface area contributed by atoms with Crippen LogP contribution in [-0.2, 0) is 0 Å². The van der Waals surface area contributed by atoms with Crippen LogP contribution in [-0.4, -0.2) is 28.1 Å². The number of carbonyl (C=O) groups excluding carboxylic acids is 1. The third kappa shape index (κ3) is 3.55. The number of carboxylic acids is 2. The first-order chi connectivity index (χ1) is 13.0. The van der Waals surface area contributed by atoms with Crippen LogP contribution in [0.3, 0.4) is 0 Å². The van der Waals surface area contributed by atoms with Gasteiger partial charge in [-0.15, -0.1) is 0 Å². The van der Waals surface area contributed by atoms with Gasteiger partial charge in [0.05, 0.1) is 22.4 Å². The van der Waals surface area contributed by atoms with Crippen LogP contribution >= 0.6 is 0 Å². The number of para-hydroxylation sites is 2. The van der Waals surface area contributed by atoms with E-state index in [0.717, 1.165) is 0 Å². The monoisotopic (exact) mass is 361 g/mol. The molecule has 0 aliphatic rings. The summed E-state index contributed by atoms with van der Waals surface area (Å²) in [4.78, 5) is 37.7. The van der Waals surface area contributed by atoms with Crippen LogP contribution in [0, 0.1) is 0 Å². The Morgan fingerprint density at radius 1 is 0.593 bits per heavy atom. The first kappa shape index (κ1) is 17.9. The van der Waals surface area contributed by atoms with E-state index in [1.54, 1.807) is 48.5 Å². The van der Waals surface area contributed by atoms with Crippen molar-refractivity contribution < 1.29 is 24.6 Å². The molecule has 3 rings (SSSR count). The topological polar surface area (TPSA) is 94.9 Å². The zero-order valence-corrected chi connectivity index (χ0v) is 14.1. The molecule has 0 aliphatic heterocycles. The number of aromatic carboxylic acids is 2. The summed E-state index contributed by atoms with van der Waals surface area (Å²) in [5.41, 5.74) is 0.325. The second-order valence-electron chi connectivity index (χ2n) is 5.65. The fraction of sp³-hybridized carbons (Fsp3) is 0. The first-order valence-corrected chi connectivity index (χ1v) is 8.05. The van der Waals surface area contributed by atoms with Crippen molar-refractivity contribution in [2.24, 2.45) is 0 Å². The van der Waals surface area contributed by atoms with Gasteiger partial charge in [-0.25, -0.2) is 9.59 Å². The van der Waals surface area contributed by atoms with Crippen molar-refractivity contribution >= 4 is 29.2 Å². The number of carboxylic acid groups (broad SMARTS) is 2. The molecule has 0 saturated heterocycles. The van der Waals surface area contributed by atoms with Crippen LogP contribution in [0.15, 0.2) is 78.9 Å². The SMILES string of the molecule is O=C(O)c1ccccc1C(=O)N(c1ccccc1)c1ccccc1C(=O)O. The molecule has 0 atom stereocenters. The van der Waals surface area contributed by atoms with Gasteiger partial charge in [-0.05, 0) is 36.4 Å². The Hall–Kier alpha value is -3.93. The molecule has 6 nitrogen and oxygen atoms in total. The summed E-state index contributed by atoms with van der Waals surface area (Å²) in [5.74, 6) is -3.06. The molecule has 0 fully saturated rings. The van der Waals surface area contributed by atoms with E-state index in [9.17, 15) is 24.6 Å². The summed E-state index contributed by atoms with van der Waals surface area (Å²) in [5, 5.41) is 18.9. The number of hydrogen-bond acceptors (Lipinski definition) is 3. The molecule has 0 aliphatic carbocycles. The van der Waals surface area contributed by atoms with Crippen LogP contribution in [0.4, 0.5) is 11.4 Å². The van der Waals surface area contributed by atoms with E-state index in [2.05, 4.69) is 0 Å². The normalized spacial score (nSPS) is 10.2. The Kier molecular flexibility index (Phi) is 4.99. The number of nitrogens with zero attached hydrogens (tertiary/aromatic N) is 1. The molecule has 2 N–H and O–H groups in total. The van der Waals surface area contributed by atoms with Gasteiger partial charge in [-0.1, -0.05) is 42.5 Å². The van der Waals surface area contributed by atoms with Gasteiger partial charge in [0.1, 0.15) is 0 Å². The van der Waals surface area contributed by atoms with Gasteiger partial charge < -0.3 is 10.2 Å². The molecule has 3 aromatic rings. The molecule has 0 heterocycles. The Balaban J connectivity index is 2.23. The molecule has 0 spiro atoms. The van der Waals surface area contributed by atoms with Crippen molar-refractivity contribution in [3.8, 4) is 0 Å². The second-order valence-corrected chi connectivity index (χ2v) is 5.65. The minimum Gasteiger partial charge on any atom is -0.478 e. The van der Waals surface area contributed by atoms with Crippen molar-refractivity contribution in [3.05, 3.63) is 95.6 Å². The minimum absolute atomic E-state index is 0.0333. The van der Waals surface area contributed by atoms with Gasteiger partial charge in [-0.3, -0.25) is 9.69 Å². The lowest BCUT2D eigenvalue weighted by Crippen LogP contribution is -2.29. The van der Waals surface area contributed by atoms with Crippen molar-refractivity contribution in [2.75, 3.05) is 4.90 Å². The molecular weight excluding hydrogens is 346 g/mol. The van der Waals surface area contributed by atoms with Crippen LogP contribution in [0.2, 0.25) is 0 Å². The fourth-order valence-corrected chi connectivity index (χ4v) is 2.77. The quantitative estimate of drug-likeness (QED) is 0.714. The van der Waals surface area contributed by atoms with Crippen molar-refractivity contribution in [1.82, 2.24) is 0 Å². The zero-order valence-electron chi connectivity index (χ0n) is 14.1. The van der Waals surface area contributed by atoms with Crippen LogP contribution in [0.25, 0.3) is 0 Å². The Morgan fingerprint density at radius 2 is 1.07 bits per heavy atom. The van der Waals surface area contributed by atoms with Crippen LogP contribution in [0.5, 0.6) is 0 Å². The van der Waals surface area contributed by atoms with Gasteiger partial charge in [0, 0.05) is 5.69 Å². The third-order valence-corrected chi connectivity index (χ3v) is 3.98. The highest BCUT2D eigenvalue weighted by atomic mass is 16.4. The molecule has 3 aromatic carbocycles. The van der Waals surface area contributed by atoms with Gasteiger partial charge in [-0.2, -0.15) is 0 Å². The summed E-state index contributed by atoms with van der Waals surface area (Å²) in [6.45, 7) is 0. The molecular formula is C21H15NO5. The number of rotatable bonds is 5. The first-order valence-electron chi connectivity index (χ1n) is 8.05. The standard InChI is InChI=1S/C21H15NO5/c23-19(15-10-4-5-11-16(15)20(24)25)22(14-8-2-1-3-9-14)18-13-7-6-12-17(18)21(26)27/h1-13H,(H,24,25)(H,26,27). The van der Waals surface area contributed by atoms with E-state index in [4.69, 9.17) is 0 Å². The average Bonchev–Trinajstić information content (AvgIpc) is 2.69. The van der Waals surface area contributed by atoms with E-state index in [0.29, 0.717) is 5.69 Å². The van der Waals surface area contributed by atoms with Gasteiger partial charge in [0.25, 0.3) is 5.91 Å². The lowest BCUT2D eigenvalue weighted by molar-refractivity contribution is 0.0683. The van der Waals surface area contributed by atoms with E-state index in [1.165, 1.54) is 35.2 Å². The molecule has 0 radical (unpaired) electrons. The van der Waals surface area contributed by atoms with Crippen molar-refractivity contribution in [1.29, 1.82) is 0 Å². The number of anilines is 2. The molecule has 0 aromatic heterocycles. The van der Waals surface area contributed by atoms with E-state index >= 15 is 0 Å². The Bertz CT molecular complexity index is 1010. The molecule has 1 amide bonds. The summed E-state index contributed by atoms with van der Waals surface area (Å²) in [6, 6.07) is 20.4. The highest BCUT2D eigenvalue weighted by Gasteiger charge is 2.27. The molecule has 0 saturated carbocycles. The predicted octanol–water partition coefficient (Wildman–Crippen LogP) is 4.06. The molecule has 6 heteroatoms. The maximum Gasteiger partial charge on any atom is 0.337 e. The lowest BCUT2D eigenvalue weighted by Gasteiger charge is -2.25. The van der Waals surface area contributed by atoms with Gasteiger partial charge in [0.15, 0.2) is 0 Å².